The Balaban J connectivity index is 1.24. The number of aliphatic hydroxyl groups excluding tert-OH is 1. The molecule has 186 valence electrons. The van der Waals surface area contributed by atoms with Gasteiger partial charge in [-0.15, -0.1) is 11.3 Å². The minimum Gasteiger partial charge on any atom is -0.445 e. The maximum absolute atomic E-state index is 12.5. The van der Waals surface area contributed by atoms with E-state index in [0.717, 1.165) is 45.9 Å². The fourth-order valence-corrected chi connectivity index (χ4v) is 5.60. The van der Waals surface area contributed by atoms with E-state index in [1.807, 2.05) is 54.6 Å². The Hall–Kier alpha value is -3.46. The molecule has 1 N–H and O–H groups in total. The monoisotopic (exact) mass is 504 g/mol. The van der Waals surface area contributed by atoms with Crippen molar-refractivity contribution in [1.82, 2.24) is 9.80 Å². The molecule has 1 saturated heterocycles. The molecule has 1 atom stereocenters. The number of amides is 1. The molecule has 2 aromatic heterocycles. The van der Waals surface area contributed by atoms with Crippen molar-refractivity contribution < 1.29 is 19.1 Å². The first-order valence-electron chi connectivity index (χ1n) is 12.0. The minimum absolute atomic E-state index is 0.278. The molecular weight excluding hydrogens is 476 g/mol. The smallest absolute Gasteiger partial charge is 0.410 e. The predicted octanol–water partition coefficient (Wildman–Crippen LogP) is 5.03. The van der Waals surface area contributed by atoms with Crippen molar-refractivity contribution in [3.63, 3.8) is 0 Å². The van der Waals surface area contributed by atoms with Crippen LogP contribution in [0.2, 0.25) is 0 Å². The fourth-order valence-electron chi connectivity index (χ4n) is 4.48. The van der Waals surface area contributed by atoms with Crippen LogP contribution in [0.5, 0.6) is 0 Å². The normalized spacial score (nSPS) is 15.2. The topological polar surface area (TPSA) is 83.2 Å². The van der Waals surface area contributed by atoms with E-state index in [-0.39, 0.29) is 18.5 Å². The molecule has 0 bridgehead atoms. The van der Waals surface area contributed by atoms with Gasteiger partial charge in [-0.2, -0.15) is 0 Å². The van der Waals surface area contributed by atoms with E-state index >= 15 is 0 Å². The van der Waals surface area contributed by atoms with Crippen LogP contribution in [-0.4, -0.2) is 47.2 Å². The molecule has 1 aliphatic heterocycles. The standard InChI is InChI=1S/C28H28N2O5S/c1-19(31)26-25(22-9-5-6-10-23(22)27(32)35-26)24-12-11-21(36-24)17-29-13-15-30(16-14-29)28(33)34-18-20-7-3-2-4-8-20/h2-12,19,31H,13-18H2,1H3. The summed E-state index contributed by atoms with van der Waals surface area (Å²) in [4.78, 5) is 31.1. The summed E-state index contributed by atoms with van der Waals surface area (Å²) < 4.78 is 11.0. The van der Waals surface area contributed by atoms with Crippen molar-refractivity contribution in [2.45, 2.75) is 26.2 Å². The van der Waals surface area contributed by atoms with E-state index < -0.39 is 11.7 Å². The highest BCUT2D eigenvalue weighted by atomic mass is 32.1. The molecule has 7 nitrogen and oxygen atoms in total. The molecule has 3 heterocycles. The van der Waals surface area contributed by atoms with Gasteiger partial charge >= 0.3 is 11.7 Å². The van der Waals surface area contributed by atoms with Gasteiger partial charge < -0.3 is 19.2 Å². The Morgan fingerprint density at radius 3 is 2.42 bits per heavy atom. The molecule has 0 saturated carbocycles. The van der Waals surface area contributed by atoms with Crippen LogP contribution in [0.1, 0.15) is 29.2 Å². The van der Waals surface area contributed by atoms with E-state index in [1.165, 1.54) is 0 Å². The number of hydrogen-bond acceptors (Lipinski definition) is 7. The van der Waals surface area contributed by atoms with Crippen molar-refractivity contribution in [2.75, 3.05) is 26.2 Å². The molecule has 0 spiro atoms. The maximum Gasteiger partial charge on any atom is 0.410 e. The summed E-state index contributed by atoms with van der Waals surface area (Å²) in [5, 5.41) is 11.6. The number of ether oxygens (including phenoxy) is 1. The molecule has 0 radical (unpaired) electrons. The van der Waals surface area contributed by atoms with Crippen LogP contribution in [0, 0.1) is 0 Å². The summed E-state index contributed by atoms with van der Waals surface area (Å²) in [6.45, 7) is 5.40. The molecule has 36 heavy (non-hydrogen) atoms. The molecule has 2 aromatic carbocycles. The molecule has 1 unspecified atom stereocenters. The number of piperazine rings is 1. The highest BCUT2D eigenvalue weighted by molar-refractivity contribution is 7.15. The summed E-state index contributed by atoms with van der Waals surface area (Å²) in [5.74, 6) is 0.287. The third-order valence-electron chi connectivity index (χ3n) is 6.37. The number of thiophene rings is 1. The van der Waals surface area contributed by atoms with E-state index in [2.05, 4.69) is 11.0 Å². The summed E-state index contributed by atoms with van der Waals surface area (Å²) in [5.41, 5.74) is 1.30. The van der Waals surface area contributed by atoms with Crippen molar-refractivity contribution in [2.24, 2.45) is 0 Å². The van der Waals surface area contributed by atoms with Crippen LogP contribution in [0.15, 0.2) is 75.9 Å². The first-order chi connectivity index (χ1) is 17.5. The molecule has 1 amide bonds. The molecular formula is C28H28N2O5S. The van der Waals surface area contributed by atoms with E-state index in [9.17, 15) is 14.7 Å². The van der Waals surface area contributed by atoms with Crippen molar-refractivity contribution in [3.8, 4) is 10.4 Å². The third kappa shape index (κ3) is 5.21. The molecule has 1 aliphatic rings. The van der Waals surface area contributed by atoms with E-state index in [1.54, 1.807) is 29.2 Å². The average Bonchev–Trinajstić information content (AvgIpc) is 3.36. The van der Waals surface area contributed by atoms with Gasteiger partial charge in [0.05, 0.1) is 5.39 Å². The van der Waals surface area contributed by atoms with Crippen LogP contribution < -0.4 is 5.63 Å². The average molecular weight is 505 g/mol. The van der Waals surface area contributed by atoms with Gasteiger partial charge in [0.2, 0.25) is 0 Å². The van der Waals surface area contributed by atoms with Gasteiger partial charge in [-0.25, -0.2) is 9.59 Å². The number of benzene rings is 2. The van der Waals surface area contributed by atoms with E-state index in [4.69, 9.17) is 9.15 Å². The maximum atomic E-state index is 12.5. The zero-order valence-corrected chi connectivity index (χ0v) is 20.9. The number of hydrogen-bond donors (Lipinski definition) is 1. The first-order valence-corrected chi connectivity index (χ1v) is 12.8. The van der Waals surface area contributed by atoms with Crippen LogP contribution in [0.3, 0.4) is 0 Å². The highest BCUT2D eigenvalue weighted by Crippen LogP contribution is 2.38. The van der Waals surface area contributed by atoms with E-state index in [0.29, 0.717) is 18.5 Å². The number of carbonyl (C=O) groups excluding carboxylic acids is 1. The van der Waals surface area contributed by atoms with Gasteiger partial charge in [0.15, 0.2) is 0 Å². The van der Waals surface area contributed by atoms with Gasteiger partial charge in [-0.1, -0.05) is 48.5 Å². The number of rotatable bonds is 6. The molecule has 5 rings (SSSR count). The zero-order valence-electron chi connectivity index (χ0n) is 20.1. The zero-order chi connectivity index (χ0) is 25.1. The first kappa shape index (κ1) is 24.2. The summed E-state index contributed by atoms with van der Waals surface area (Å²) >= 11 is 1.62. The predicted molar refractivity (Wildman–Crippen MR) is 140 cm³/mol. The number of aliphatic hydroxyl groups is 1. The quantitative estimate of drug-likeness (QED) is 0.397. The van der Waals surface area contributed by atoms with Crippen LogP contribution in [-0.2, 0) is 17.9 Å². The molecule has 4 aromatic rings. The SMILES string of the molecule is CC(O)c1oc(=O)c2ccccc2c1-c1ccc(CN2CCN(C(=O)OCc3ccccc3)CC2)s1. The lowest BCUT2D eigenvalue weighted by Crippen LogP contribution is -2.48. The van der Waals surface area contributed by atoms with Crippen LogP contribution in [0.4, 0.5) is 4.79 Å². The molecule has 8 heteroatoms. The van der Waals surface area contributed by atoms with Crippen molar-refractivity contribution in [3.05, 3.63) is 93.4 Å². The highest BCUT2D eigenvalue weighted by Gasteiger charge is 2.24. The summed E-state index contributed by atoms with van der Waals surface area (Å²) in [6.07, 6.45) is -1.18. The lowest BCUT2D eigenvalue weighted by atomic mass is 10.0. The van der Waals surface area contributed by atoms with Gasteiger partial charge in [-0.05, 0) is 30.7 Å². The number of nitrogens with zero attached hydrogens (tertiary/aromatic N) is 2. The summed E-state index contributed by atoms with van der Waals surface area (Å²) in [7, 11) is 0. The Labute approximate surface area is 213 Å². The summed E-state index contributed by atoms with van der Waals surface area (Å²) in [6, 6.07) is 21.1. The van der Waals surface area contributed by atoms with Gasteiger partial charge in [0, 0.05) is 53.4 Å². The second-order valence-electron chi connectivity index (χ2n) is 8.92. The van der Waals surface area contributed by atoms with Gasteiger partial charge in [0.25, 0.3) is 0 Å². The lowest BCUT2D eigenvalue weighted by Gasteiger charge is -2.33. The Kier molecular flexibility index (Phi) is 7.18. The second kappa shape index (κ2) is 10.7. The molecule has 1 fully saturated rings. The Bertz CT molecular complexity index is 1400. The molecule has 0 aliphatic carbocycles. The second-order valence-corrected chi connectivity index (χ2v) is 10.1. The third-order valence-corrected chi connectivity index (χ3v) is 7.46. The van der Waals surface area contributed by atoms with Crippen molar-refractivity contribution >= 4 is 28.2 Å². The van der Waals surface area contributed by atoms with Crippen LogP contribution in [0.25, 0.3) is 21.2 Å². The fraction of sp³-hybridized carbons (Fsp3) is 0.286. The van der Waals surface area contributed by atoms with Crippen LogP contribution >= 0.6 is 11.3 Å². The lowest BCUT2D eigenvalue weighted by molar-refractivity contribution is 0.0703. The number of carbonyl (C=O) groups is 1. The number of fused-ring (bicyclic) bond motifs is 1. The Morgan fingerprint density at radius 2 is 1.69 bits per heavy atom. The van der Waals surface area contributed by atoms with Gasteiger partial charge in [0.1, 0.15) is 18.5 Å². The minimum atomic E-state index is -0.905. The largest absolute Gasteiger partial charge is 0.445 e. The van der Waals surface area contributed by atoms with Crippen molar-refractivity contribution in [1.29, 1.82) is 0 Å². The Morgan fingerprint density at radius 1 is 1.00 bits per heavy atom. The van der Waals surface area contributed by atoms with Gasteiger partial charge in [-0.3, -0.25) is 4.90 Å².